The lowest BCUT2D eigenvalue weighted by Gasteiger charge is -2.06. The Labute approximate surface area is 123 Å². The average molecular weight is 284 g/mol. The molecular weight excluding hydrogens is 270 g/mol. The molecule has 0 aliphatic heterocycles. The molecule has 3 heteroatoms. The van der Waals surface area contributed by atoms with E-state index in [0.29, 0.717) is 11.6 Å². The number of fused-ring (bicyclic) bond motifs is 1. The van der Waals surface area contributed by atoms with E-state index < -0.39 is 0 Å². The van der Waals surface area contributed by atoms with Crippen molar-refractivity contribution in [2.24, 2.45) is 0 Å². The molecule has 2 aromatic carbocycles. The molecule has 1 heterocycles. The number of ether oxygens (including phenoxy) is 1. The van der Waals surface area contributed by atoms with Crippen molar-refractivity contribution >= 4 is 22.5 Å². The molecule has 0 saturated carbocycles. The number of hydrogen-bond acceptors (Lipinski definition) is 2. The maximum absolute atomic E-state index is 6.20. The highest BCUT2D eigenvalue weighted by Gasteiger charge is 2.04. The fraction of sp³-hybridized carbons (Fsp3) is 0.118. The largest absolute Gasteiger partial charge is 0.494 e. The predicted molar refractivity (Wildman–Crippen MR) is 83.4 cm³/mol. The number of hydrogen-bond donors (Lipinski definition) is 0. The molecule has 0 unspecified atom stereocenters. The van der Waals surface area contributed by atoms with E-state index in [9.17, 15) is 0 Å². The zero-order valence-electron chi connectivity index (χ0n) is 11.1. The minimum absolute atomic E-state index is 0.670. The van der Waals surface area contributed by atoms with E-state index in [1.807, 2.05) is 61.5 Å². The summed E-state index contributed by atoms with van der Waals surface area (Å²) in [7, 11) is 0. The van der Waals surface area contributed by atoms with Gasteiger partial charge in [0.1, 0.15) is 5.75 Å². The molecule has 0 aliphatic carbocycles. The maximum atomic E-state index is 6.20. The second kappa shape index (κ2) is 5.51. The van der Waals surface area contributed by atoms with Crippen molar-refractivity contribution in [3.63, 3.8) is 0 Å². The smallest absolute Gasteiger partial charge is 0.119 e. The van der Waals surface area contributed by atoms with Crippen LogP contribution in [-0.4, -0.2) is 11.6 Å². The lowest BCUT2D eigenvalue weighted by Crippen LogP contribution is -1.91. The molecule has 100 valence electrons. The molecule has 20 heavy (non-hydrogen) atoms. The number of para-hydroxylation sites is 1. The van der Waals surface area contributed by atoms with E-state index >= 15 is 0 Å². The zero-order chi connectivity index (χ0) is 13.9. The van der Waals surface area contributed by atoms with Crippen LogP contribution >= 0.6 is 11.6 Å². The van der Waals surface area contributed by atoms with E-state index in [-0.39, 0.29) is 0 Å². The zero-order valence-corrected chi connectivity index (χ0v) is 11.9. The molecule has 0 N–H and O–H groups in total. The van der Waals surface area contributed by atoms with Gasteiger partial charge in [0.15, 0.2) is 0 Å². The van der Waals surface area contributed by atoms with E-state index in [4.69, 9.17) is 16.3 Å². The molecule has 2 nitrogen and oxygen atoms in total. The Balaban J connectivity index is 2.03. The highest BCUT2D eigenvalue weighted by Crippen LogP contribution is 2.26. The van der Waals surface area contributed by atoms with Crippen LogP contribution in [0.25, 0.3) is 22.2 Å². The Morgan fingerprint density at radius 1 is 1.00 bits per heavy atom. The van der Waals surface area contributed by atoms with Gasteiger partial charge in [0, 0.05) is 10.9 Å². The highest BCUT2D eigenvalue weighted by molar-refractivity contribution is 6.35. The summed E-state index contributed by atoms with van der Waals surface area (Å²) in [5, 5.41) is 1.72. The van der Waals surface area contributed by atoms with Crippen LogP contribution in [-0.2, 0) is 0 Å². The molecule has 0 fully saturated rings. The summed E-state index contributed by atoms with van der Waals surface area (Å²) in [4.78, 5) is 4.65. The van der Waals surface area contributed by atoms with E-state index in [0.717, 1.165) is 27.9 Å². The van der Waals surface area contributed by atoms with Gasteiger partial charge in [-0.05, 0) is 43.3 Å². The Morgan fingerprint density at radius 3 is 2.55 bits per heavy atom. The van der Waals surface area contributed by atoms with Crippen molar-refractivity contribution in [2.45, 2.75) is 6.92 Å². The van der Waals surface area contributed by atoms with Crippen molar-refractivity contribution in [3.05, 3.63) is 59.6 Å². The lowest BCUT2D eigenvalue weighted by atomic mass is 10.1. The summed E-state index contributed by atoms with van der Waals surface area (Å²) in [6.07, 6.45) is 0. The predicted octanol–water partition coefficient (Wildman–Crippen LogP) is 4.95. The standard InChI is InChI=1S/C17H14ClNO/c1-2-20-14-9-6-12(7-10-14)16-11-8-13-4-3-5-15(18)17(13)19-16/h3-11H,2H2,1H3. The number of halogens is 1. The van der Waals surface area contributed by atoms with Crippen LogP contribution < -0.4 is 4.74 Å². The maximum Gasteiger partial charge on any atom is 0.119 e. The van der Waals surface area contributed by atoms with Gasteiger partial charge in [-0.3, -0.25) is 0 Å². The third-order valence-electron chi connectivity index (χ3n) is 3.13. The summed E-state index contributed by atoms with van der Waals surface area (Å²) in [6.45, 7) is 2.64. The molecule has 0 radical (unpaired) electrons. The summed E-state index contributed by atoms with van der Waals surface area (Å²) >= 11 is 6.20. The van der Waals surface area contributed by atoms with Crippen LogP contribution in [0.2, 0.25) is 5.02 Å². The first-order valence-corrected chi connectivity index (χ1v) is 6.94. The SMILES string of the molecule is CCOc1ccc(-c2ccc3cccc(Cl)c3n2)cc1. The Kier molecular flexibility index (Phi) is 3.57. The van der Waals surface area contributed by atoms with Crippen LogP contribution in [0.4, 0.5) is 0 Å². The number of nitrogens with zero attached hydrogens (tertiary/aromatic N) is 1. The molecule has 3 aromatic rings. The summed E-state index contributed by atoms with van der Waals surface area (Å²) < 4.78 is 5.44. The molecule has 0 spiro atoms. The molecule has 0 saturated heterocycles. The summed E-state index contributed by atoms with van der Waals surface area (Å²) in [6, 6.07) is 17.8. The number of rotatable bonds is 3. The van der Waals surface area contributed by atoms with Crippen molar-refractivity contribution in [1.29, 1.82) is 0 Å². The van der Waals surface area contributed by atoms with Crippen molar-refractivity contribution < 1.29 is 4.74 Å². The quantitative estimate of drug-likeness (QED) is 0.678. The Bertz CT molecular complexity index is 738. The van der Waals surface area contributed by atoms with Gasteiger partial charge in [-0.15, -0.1) is 0 Å². The fourth-order valence-electron chi connectivity index (χ4n) is 2.16. The molecule has 0 atom stereocenters. The summed E-state index contributed by atoms with van der Waals surface area (Å²) in [5.41, 5.74) is 2.80. The Hall–Kier alpha value is -2.06. The second-order valence-electron chi connectivity index (χ2n) is 4.47. The monoisotopic (exact) mass is 283 g/mol. The first-order chi connectivity index (χ1) is 9.78. The summed E-state index contributed by atoms with van der Waals surface area (Å²) in [5.74, 6) is 0.870. The van der Waals surface area contributed by atoms with Crippen LogP contribution in [0.5, 0.6) is 5.75 Å². The van der Waals surface area contributed by atoms with E-state index in [1.54, 1.807) is 0 Å². The van der Waals surface area contributed by atoms with Crippen LogP contribution in [0, 0.1) is 0 Å². The average Bonchev–Trinajstić information content (AvgIpc) is 2.49. The number of aromatic nitrogens is 1. The molecule has 0 amide bonds. The molecular formula is C17H14ClNO. The van der Waals surface area contributed by atoms with Gasteiger partial charge in [0.2, 0.25) is 0 Å². The van der Waals surface area contributed by atoms with E-state index in [2.05, 4.69) is 4.98 Å². The Morgan fingerprint density at radius 2 is 1.80 bits per heavy atom. The van der Waals surface area contributed by atoms with Gasteiger partial charge in [0.25, 0.3) is 0 Å². The van der Waals surface area contributed by atoms with Crippen molar-refractivity contribution in [1.82, 2.24) is 4.98 Å². The molecule has 1 aromatic heterocycles. The van der Waals surface area contributed by atoms with Gasteiger partial charge in [-0.2, -0.15) is 0 Å². The van der Waals surface area contributed by atoms with Gasteiger partial charge in [-0.25, -0.2) is 4.98 Å². The van der Waals surface area contributed by atoms with Crippen LogP contribution in [0.1, 0.15) is 6.92 Å². The third kappa shape index (κ3) is 2.47. The normalized spacial score (nSPS) is 10.7. The van der Waals surface area contributed by atoms with Crippen molar-refractivity contribution in [2.75, 3.05) is 6.61 Å². The fourth-order valence-corrected chi connectivity index (χ4v) is 2.38. The minimum atomic E-state index is 0.670. The number of benzene rings is 2. The van der Waals surface area contributed by atoms with Crippen LogP contribution in [0.3, 0.4) is 0 Å². The van der Waals surface area contributed by atoms with Gasteiger partial charge >= 0.3 is 0 Å². The molecule has 3 rings (SSSR count). The van der Waals surface area contributed by atoms with Crippen molar-refractivity contribution in [3.8, 4) is 17.0 Å². The van der Waals surface area contributed by atoms with Gasteiger partial charge in [0.05, 0.1) is 22.8 Å². The second-order valence-corrected chi connectivity index (χ2v) is 4.87. The third-order valence-corrected chi connectivity index (χ3v) is 3.44. The molecule has 0 aliphatic rings. The topological polar surface area (TPSA) is 22.1 Å². The minimum Gasteiger partial charge on any atom is -0.494 e. The first kappa shape index (κ1) is 12.9. The van der Waals surface area contributed by atoms with Crippen LogP contribution in [0.15, 0.2) is 54.6 Å². The van der Waals surface area contributed by atoms with Gasteiger partial charge < -0.3 is 4.74 Å². The number of pyridine rings is 1. The first-order valence-electron chi connectivity index (χ1n) is 6.56. The van der Waals surface area contributed by atoms with E-state index in [1.165, 1.54) is 0 Å². The van der Waals surface area contributed by atoms with Gasteiger partial charge in [-0.1, -0.05) is 29.8 Å². The highest BCUT2D eigenvalue weighted by atomic mass is 35.5. The molecule has 0 bridgehead atoms. The lowest BCUT2D eigenvalue weighted by molar-refractivity contribution is 0.340.